The van der Waals surface area contributed by atoms with E-state index in [-0.39, 0.29) is 28.3 Å². The molecule has 36 heavy (non-hydrogen) atoms. The highest BCUT2D eigenvalue weighted by atomic mass is 35.5. The molecule has 1 saturated carbocycles. The molecule has 2 aliphatic rings. The second kappa shape index (κ2) is 11.2. The van der Waals surface area contributed by atoms with Gasteiger partial charge < -0.3 is 25.6 Å². The zero-order valence-electron chi connectivity index (χ0n) is 20.2. The van der Waals surface area contributed by atoms with Gasteiger partial charge in [0.2, 0.25) is 5.91 Å². The number of hydrogen-bond acceptors (Lipinski definition) is 5. The second-order valence-corrected chi connectivity index (χ2v) is 10.0. The van der Waals surface area contributed by atoms with Crippen LogP contribution < -0.4 is 15.4 Å². The Bertz CT molecular complexity index is 1180. The van der Waals surface area contributed by atoms with Gasteiger partial charge in [0.15, 0.2) is 0 Å². The van der Waals surface area contributed by atoms with Crippen molar-refractivity contribution in [3.8, 4) is 17.2 Å². The number of fused-ring (bicyclic) bond motifs is 1. The summed E-state index contributed by atoms with van der Waals surface area (Å²) in [6.45, 7) is 2.01. The van der Waals surface area contributed by atoms with Crippen molar-refractivity contribution in [2.45, 2.75) is 70.8 Å². The van der Waals surface area contributed by atoms with E-state index in [0.29, 0.717) is 35.9 Å². The Morgan fingerprint density at radius 3 is 2.53 bits per heavy atom. The van der Waals surface area contributed by atoms with Gasteiger partial charge in [-0.2, -0.15) is 0 Å². The highest BCUT2D eigenvalue weighted by Gasteiger charge is 2.26. The van der Waals surface area contributed by atoms with Gasteiger partial charge in [-0.3, -0.25) is 14.4 Å². The predicted molar refractivity (Wildman–Crippen MR) is 136 cm³/mol. The lowest BCUT2D eigenvalue weighted by Gasteiger charge is -2.28. The predicted octanol–water partition coefficient (Wildman–Crippen LogP) is 5.44. The summed E-state index contributed by atoms with van der Waals surface area (Å²) >= 11 is 6.52. The number of benzene rings is 2. The van der Waals surface area contributed by atoms with E-state index in [2.05, 4.69) is 10.6 Å². The topological polar surface area (TPSA) is 125 Å². The maximum atomic E-state index is 13.0. The maximum absolute atomic E-state index is 13.0. The fourth-order valence-corrected chi connectivity index (χ4v) is 5.45. The average Bonchev–Trinajstić information content (AvgIpc) is 3.33. The number of ether oxygens (including phenoxy) is 1. The number of halogens is 1. The van der Waals surface area contributed by atoms with Gasteiger partial charge in [0.1, 0.15) is 23.7 Å². The summed E-state index contributed by atoms with van der Waals surface area (Å²) in [7, 11) is 0. The van der Waals surface area contributed by atoms with Crippen LogP contribution in [0.4, 0.5) is 5.69 Å². The Balaban J connectivity index is 1.54. The summed E-state index contributed by atoms with van der Waals surface area (Å²) in [5, 5.41) is 25.1. The Morgan fingerprint density at radius 2 is 1.81 bits per heavy atom. The Kier molecular flexibility index (Phi) is 8.04. The number of nitrogens with one attached hydrogen (secondary N) is 2. The highest BCUT2D eigenvalue weighted by Crippen LogP contribution is 2.43. The van der Waals surface area contributed by atoms with Crippen molar-refractivity contribution in [1.29, 1.82) is 0 Å². The zero-order valence-corrected chi connectivity index (χ0v) is 21.0. The van der Waals surface area contributed by atoms with E-state index >= 15 is 0 Å². The van der Waals surface area contributed by atoms with E-state index in [1.807, 2.05) is 6.92 Å². The molecule has 0 saturated heterocycles. The number of carbonyl (C=O) groups excluding carboxylic acids is 2. The third-order valence-corrected chi connectivity index (χ3v) is 7.32. The summed E-state index contributed by atoms with van der Waals surface area (Å²) in [6, 6.07) is 6.04. The highest BCUT2D eigenvalue weighted by molar-refractivity contribution is 6.32. The van der Waals surface area contributed by atoms with E-state index < -0.39 is 18.3 Å². The van der Waals surface area contributed by atoms with Crippen LogP contribution in [0.25, 0.3) is 0 Å². The van der Waals surface area contributed by atoms with Crippen molar-refractivity contribution in [2.75, 3.05) is 5.32 Å². The van der Waals surface area contributed by atoms with E-state index in [9.17, 15) is 19.5 Å². The van der Waals surface area contributed by atoms with E-state index in [1.165, 1.54) is 31.4 Å². The molecule has 1 atom stereocenters. The van der Waals surface area contributed by atoms with Gasteiger partial charge >= 0.3 is 5.97 Å². The minimum atomic E-state index is -1.21. The summed E-state index contributed by atoms with van der Waals surface area (Å²) in [6.07, 6.45) is 7.32. The number of phenols is 1. The normalized spacial score (nSPS) is 16.2. The molecule has 192 valence electrons. The van der Waals surface area contributed by atoms with Gasteiger partial charge in [0.25, 0.3) is 5.91 Å². The van der Waals surface area contributed by atoms with Gasteiger partial charge in [-0.05, 0) is 74.8 Å². The fraction of sp³-hybridized carbons (Fsp3) is 0.444. The smallest absolute Gasteiger partial charge is 0.312 e. The number of amides is 2. The van der Waals surface area contributed by atoms with Crippen LogP contribution in [0.5, 0.6) is 17.2 Å². The molecule has 2 aliphatic carbocycles. The lowest BCUT2D eigenvalue weighted by molar-refractivity contribution is -0.139. The van der Waals surface area contributed by atoms with Crippen LogP contribution in [-0.4, -0.2) is 34.0 Å². The van der Waals surface area contributed by atoms with Crippen LogP contribution in [-0.2, 0) is 22.4 Å². The van der Waals surface area contributed by atoms with E-state index in [1.54, 1.807) is 12.1 Å². The van der Waals surface area contributed by atoms with Crippen molar-refractivity contribution in [3.63, 3.8) is 0 Å². The molecule has 0 unspecified atom stereocenters. The first-order valence-corrected chi connectivity index (χ1v) is 12.8. The van der Waals surface area contributed by atoms with Crippen LogP contribution in [0.3, 0.4) is 0 Å². The first-order chi connectivity index (χ1) is 17.2. The second-order valence-electron chi connectivity index (χ2n) is 9.61. The summed E-state index contributed by atoms with van der Waals surface area (Å²) in [5.74, 6) is -1.13. The Labute approximate surface area is 215 Å². The monoisotopic (exact) mass is 514 g/mol. The molecule has 9 heteroatoms. The maximum Gasteiger partial charge on any atom is 0.312 e. The van der Waals surface area contributed by atoms with Crippen molar-refractivity contribution >= 4 is 35.1 Å². The molecule has 1 fully saturated rings. The number of carboxylic acid groups (broad SMARTS) is 1. The van der Waals surface area contributed by atoms with Crippen molar-refractivity contribution < 1.29 is 29.3 Å². The van der Waals surface area contributed by atoms with Crippen molar-refractivity contribution in [2.24, 2.45) is 5.92 Å². The quantitative estimate of drug-likeness (QED) is 0.348. The number of phenolic OH excluding ortho intramolecular Hbond substituents is 1. The Morgan fingerprint density at radius 1 is 1.08 bits per heavy atom. The molecule has 0 aliphatic heterocycles. The van der Waals surface area contributed by atoms with Gasteiger partial charge in [-0.15, -0.1) is 0 Å². The van der Waals surface area contributed by atoms with Gasteiger partial charge in [-0.25, -0.2) is 0 Å². The molecule has 0 radical (unpaired) electrons. The molecule has 2 aromatic rings. The zero-order chi connectivity index (χ0) is 25.8. The number of aromatic hydroxyl groups is 1. The molecular formula is C27H31ClN2O6. The van der Waals surface area contributed by atoms with Crippen molar-refractivity contribution in [3.05, 3.63) is 46.0 Å². The molecule has 2 amide bonds. The number of rotatable bonds is 8. The van der Waals surface area contributed by atoms with Gasteiger partial charge in [0.05, 0.1) is 10.6 Å². The number of anilines is 1. The molecular weight excluding hydrogens is 484 g/mol. The average molecular weight is 515 g/mol. The first kappa shape index (κ1) is 25.8. The molecule has 0 spiro atoms. The van der Waals surface area contributed by atoms with Crippen LogP contribution in [0.15, 0.2) is 24.3 Å². The van der Waals surface area contributed by atoms with E-state index in [4.69, 9.17) is 21.4 Å². The molecule has 0 aromatic heterocycles. The van der Waals surface area contributed by atoms with Crippen molar-refractivity contribution in [1.82, 2.24) is 5.32 Å². The van der Waals surface area contributed by atoms with Crippen LogP contribution in [0.1, 0.15) is 73.4 Å². The minimum Gasteiger partial charge on any atom is -0.507 e. The molecule has 0 heterocycles. The summed E-state index contributed by atoms with van der Waals surface area (Å²) in [5.41, 5.74) is 2.29. The lowest BCUT2D eigenvalue weighted by atomic mass is 9.84. The molecule has 4 N–H and O–H groups in total. The van der Waals surface area contributed by atoms with Gasteiger partial charge in [-0.1, -0.05) is 30.9 Å². The van der Waals surface area contributed by atoms with E-state index in [0.717, 1.165) is 30.4 Å². The van der Waals surface area contributed by atoms with Crippen LogP contribution in [0.2, 0.25) is 5.02 Å². The minimum absolute atomic E-state index is 0.00312. The SMILES string of the molecule is C[C@H](NC(=O)c1cc(Oc2c(Cl)cc(NC(=O)CC(=O)O)c3c2CCC3)ccc1O)C1CCCCC1. The number of carboxylic acids is 1. The molecule has 0 bridgehead atoms. The molecule has 2 aromatic carbocycles. The Hall–Kier alpha value is -3.26. The number of hydrogen-bond donors (Lipinski definition) is 4. The standard InChI is InChI=1S/C27H31ClN2O6/c1-15(16-6-3-2-4-7-16)29-27(35)20-12-17(10-11-23(20)31)36-26-19-9-5-8-18(19)22(13-21(26)28)30-24(32)14-25(33)34/h10-13,15-16,31H,2-9,14H2,1H3,(H,29,35)(H,30,32)(H,33,34)/t15-/m0/s1. The third-order valence-electron chi connectivity index (χ3n) is 7.04. The molecule has 8 nitrogen and oxygen atoms in total. The number of aliphatic carboxylic acids is 1. The first-order valence-electron chi connectivity index (χ1n) is 12.4. The third kappa shape index (κ3) is 5.93. The molecule has 4 rings (SSSR count). The van der Waals surface area contributed by atoms with Crippen LogP contribution >= 0.6 is 11.6 Å². The van der Waals surface area contributed by atoms with Crippen LogP contribution in [0, 0.1) is 5.92 Å². The summed E-state index contributed by atoms with van der Waals surface area (Å²) < 4.78 is 6.11. The lowest BCUT2D eigenvalue weighted by Crippen LogP contribution is -2.38. The van der Waals surface area contributed by atoms with Gasteiger partial charge in [0, 0.05) is 17.3 Å². The largest absolute Gasteiger partial charge is 0.507 e. The summed E-state index contributed by atoms with van der Waals surface area (Å²) in [4.78, 5) is 35.8. The number of carbonyl (C=O) groups is 3. The fourth-order valence-electron chi connectivity index (χ4n) is 5.18.